The number of carbonyl (C=O) groups is 1. The summed E-state index contributed by atoms with van der Waals surface area (Å²) in [5.74, 6) is 0.557. The first kappa shape index (κ1) is 13.0. The second-order valence-corrected chi connectivity index (χ2v) is 6.18. The van der Waals surface area contributed by atoms with Crippen LogP contribution >= 0.6 is 11.6 Å². The van der Waals surface area contributed by atoms with Crippen LogP contribution in [0.4, 0.5) is 0 Å². The lowest BCUT2D eigenvalue weighted by Crippen LogP contribution is -2.47. The molecule has 0 spiro atoms. The Hall–Kier alpha value is -1.02. The third kappa shape index (κ3) is 2.51. The molecule has 1 N–H and O–H groups in total. The van der Waals surface area contributed by atoms with Crippen molar-refractivity contribution in [3.05, 3.63) is 34.9 Å². The van der Waals surface area contributed by atoms with E-state index in [1.807, 2.05) is 6.07 Å². The van der Waals surface area contributed by atoms with Crippen LogP contribution in [0.5, 0.6) is 0 Å². The lowest BCUT2D eigenvalue weighted by molar-refractivity contribution is 0.0909. The molecule has 3 rings (SSSR count). The van der Waals surface area contributed by atoms with Gasteiger partial charge in [0.1, 0.15) is 0 Å². The lowest BCUT2D eigenvalue weighted by atomic mass is 9.99. The van der Waals surface area contributed by atoms with Gasteiger partial charge in [-0.3, -0.25) is 4.79 Å². The first-order valence-corrected chi connectivity index (χ1v) is 7.76. The second kappa shape index (κ2) is 5.16. The number of amides is 1. The highest BCUT2D eigenvalue weighted by molar-refractivity contribution is 6.19. The van der Waals surface area contributed by atoms with Gasteiger partial charge in [0.2, 0.25) is 0 Å². The first-order valence-electron chi connectivity index (χ1n) is 7.23. The predicted octanol–water partition coefficient (Wildman–Crippen LogP) is 3.46. The van der Waals surface area contributed by atoms with Gasteiger partial charge in [-0.05, 0) is 55.4 Å². The minimum Gasteiger partial charge on any atom is -0.345 e. The van der Waals surface area contributed by atoms with Gasteiger partial charge in [-0.15, -0.1) is 11.6 Å². The topological polar surface area (TPSA) is 29.1 Å². The van der Waals surface area contributed by atoms with Gasteiger partial charge in [0, 0.05) is 11.4 Å². The number of aryl methyl sites for hydroxylation is 2. The summed E-state index contributed by atoms with van der Waals surface area (Å²) in [5, 5.41) is 3.18. The summed E-state index contributed by atoms with van der Waals surface area (Å²) in [7, 11) is 0. The van der Waals surface area contributed by atoms with E-state index >= 15 is 0 Å². The number of alkyl halides is 1. The summed E-state index contributed by atoms with van der Waals surface area (Å²) in [5.41, 5.74) is 3.37. The highest BCUT2D eigenvalue weighted by Gasteiger charge is 2.34. The monoisotopic (exact) mass is 277 g/mol. The second-order valence-electron chi connectivity index (χ2n) is 5.91. The zero-order valence-electron chi connectivity index (χ0n) is 11.2. The molecule has 3 heteroatoms. The van der Waals surface area contributed by atoms with Gasteiger partial charge in [-0.1, -0.05) is 18.9 Å². The quantitative estimate of drug-likeness (QED) is 0.843. The number of hydrogen-bond donors (Lipinski definition) is 1. The van der Waals surface area contributed by atoms with Crippen LogP contribution in [0.25, 0.3) is 0 Å². The van der Waals surface area contributed by atoms with Crippen molar-refractivity contribution in [1.29, 1.82) is 0 Å². The van der Waals surface area contributed by atoms with Crippen molar-refractivity contribution in [2.24, 2.45) is 0 Å². The summed E-state index contributed by atoms with van der Waals surface area (Å²) in [6.07, 6.45) is 7.82. The minimum atomic E-state index is -0.169. The Balaban J connectivity index is 1.77. The summed E-state index contributed by atoms with van der Waals surface area (Å²) in [6, 6.07) is 6.13. The zero-order valence-corrected chi connectivity index (χ0v) is 11.9. The Labute approximate surface area is 119 Å². The molecule has 1 amide bonds. The van der Waals surface area contributed by atoms with Crippen molar-refractivity contribution in [1.82, 2.24) is 5.32 Å². The third-order valence-electron chi connectivity index (χ3n) is 4.56. The fourth-order valence-electron chi connectivity index (χ4n) is 3.37. The number of hydrogen-bond acceptors (Lipinski definition) is 1. The number of benzene rings is 1. The smallest absolute Gasteiger partial charge is 0.251 e. The molecule has 0 saturated heterocycles. The molecule has 0 bridgehead atoms. The third-order valence-corrected chi connectivity index (χ3v) is 5.07. The van der Waals surface area contributed by atoms with Crippen molar-refractivity contribution in [2.75, 3.05) is 5.88 Å². The Morgan fingerprint density at radius 2 is 1.89 bits per heavy atom. The standard InChI is InChI=1S/C16H20ClNO/c17-11-16(8-1-2-9-16)18-15(19)14-7-6-12-4-3-5-13(12)10-14/h6-7,10H,1-5,8-9,11H2,(H,18,19). The Kier molecular flexibility index (Phi) is 3.53. The van der Waals surface area contributed by atoms with E-state index in [9.17, 15) is 4.79 Å². The van der Waals surface area contributed by atoms with Crippen LogP contribution in [-0.4, -0.2) is 17.3 Å². The highest BCUT2D eigenvalue weighted by Crippen LogP contribution is 2.31. The molecule has 1 aromatic carbocycles. The van der Waals surface area contributed by atoms with Crippen LogP contribution < -0.4 is 5.32 Å². The summed E-state index contributed by atoms with van der Waals surface area (Å²) in [4.78, 5) is 12.4. The van der Waals surface area contributed by atoms with Gasteiger partial charge in [-0.2, -0.15) is 0 Å². The molecule has 19 heavy (non-hydrogen) atoms. The van der Waals surface area contributed by atoms with Gasteiger partial charge in [0.05, 0.1) is 5.54 Å². The molecule has 2 aliphatic carbocycles. The fraction of sp³-hybridized carbons (Fsp3) is 0.562. The largest absolute Gasteiger partial charge is 0.345 e. The Morgan fingerprint density at radius 3 is 2.63 bits per heavy atom. The molecular formula is C16H20ClNO. The van der Waals surface area contributed by atoms with E-state index in [1.54, 1.807) is 0 Å². The highest BCUT2D eigenvalue weighted by atomic mass is 35.5. The molecule has 0 aliphatic heterocycles. The Bertz CT molecular complexity index is 492. The molecule has 1 aromatic rings. The number of fused-ring (bicyclic) bond motifs is 1. The average molecular weight is 278 g/mol. The molecule has 0 heterocycles. The van der Waals surface area contributed by atoms with Crippen LogP contribution in [-0.2, 0) is 12.8 Å². The van der Waals surface area contributed by atoms with Gasteiger partial charge in [0.15, 0.2) is 0 Å². The van der Waals surface area contributed by atoms with Crippen molar-refractivity contribution in [2.45, 2.75) is 50.5 Å². The molecular weight excluding hydrogens is 258 g/mol. The normalized spacial score (nSPS) is 20.3. The van der Waals surface area contributed by atoms with Crippen molar-refractivity contribution in [3.8, 4) is 0 Å². The van der Waals surface area contributed by atoms with Crippen LogP contribution in [0.1, 0.15) is 53.6 Å². The summed E-state index contributed by atoms with van der Waals surface area (Å²) >= 11 is 6.08. The van der Waals surface area contributed by atoms with E-state index in [0.717, 1.165) is 44.1 Å². The molecule has 0 radical (unpaired) electrons. The number of nitrogens with one attached hydrogen (secondary N) is 1. The minimum absolute atomic E-state index is 0.0391. The van der Waals surface area contributed by atoms with Gasteiger partial charge >= 0.3 is 0 Å². The van der Waals surface area contributed by atoms with Gasteiger partial charge < -0.3 is 5.32 Å². The lowest BCUT2D eigenvalue weighted by Gasteiger charge is -2.28. The fourth-order valence-corrected chi connectivity index (χ4v) is 3.70. The van der Waals surface area contributed by atoms with E-state index in [0.29, 0.717) is 5.88 Å². The summed E-state index contributed by atoms with van der Waals surface area (Å²) < 4.78 is 0. The van der Waals surface area contributed by atoms with Crippen LogP contribution in [0.3, 0.4) is 0 Å². The van der Waals surface area contributed by atoms with Crippen molar-refractivity contribution in [3.63, 3.8) is 0 Å². The van der Waals surface area contributed by atoms with E-state index in [4.69, 9.17) is 11.6 Å². The van der Waals surface area contributed by atoms with E-state index in [1.165, 1.54) is 17.5 Å². The molecule has 102 valence electrons. The van der Waals surface area contributed by atoms with Crippen molar-refractivity contribution >= 4 is 17.5 Å². The van der Waals surface area contributed by atoms with E-state index < -0.39 is 0 Å². The predicted molar refractivity (Wildman–Crippen MR) is 77.9 cm³/mol. The van der Waals surface area contributed by atoms with Crippen LogP contribution in [0.2, 0.25) is 0 Å². The SMILES string of the molecule is O=C(NC1(CCl)CCCC1)c1ccc2c(c1)CCC2. The number of carbonyl (C=O) groups excluding carboxylic acids is 1. The molecule has 2 nitrogen and oxygen atoms in total. The molecule has 0 unspecified atom stereocenters. The maximum absolute atomic E-state index is 12.4. The molecule has 1 fully saturated rings. The maximum atomic E-state index is 12.4. The number of rotatable bonds is 3. The van der Waals surface area contributed by atoms with E-state index in [-0.39, 0.29) is 11.4 Å². The molecule has 0 aromatic heterocycles. The molecule has 2 aliphatic rings. The first-order chi connectivity index (χ1) is 9.22. The van der Waals surface area contributed by atoms with Gasteiger partial charge in [-0.25, -0.2) is 0 Å². The maximum Gasteiger partial charge on any atom is 0.251 e. The molecule has 0 atom stereocenters. The summed E-state index contributed by atoms with van der Waals surface area (Å²) in [6.45, 7) is 0. The Morgan fingerprint density at radius 1 is 1.16 bits per heavy atom. The molecule has 1 saturated carbocycles. The zero-order chi connectivity index (χ0) is 13.3. The van der Waals surface area contributed by atoms with E-state index in [2.05, 4.69) is 17.4 Å². The number of halogens is 1. The van der Waals surface area contributed by atoms with Crippen molar-refractivity contribution < 1.29 is 4.79 Å². The van der Waals surface area contributed by atoms with Crippen LogP contribution in [0.15, 0.2) is 18.2 Å². The average Bonchev–Trinajstić information content (AvgIpc) is 3.06. The van der Waals surface area contributed by atoms with Gasteiger partial charge in [0.25, 0.3) is 5.91 Å². The van der Waals surface area contributed by atoms with Crippen LogP contribution in [0, 0.1) is 0 Å².